The van der Waals surface area contributed by atoms with E-state index in [1.807, 2.05) is 6.07 Å². The minimum Gasteiger partial charge on any atom is -0.496 e. The average molecular weight is 355 g/mol. The summed E-state index contributed by atoms with van der Waals surface area (Å²) in [6.45, 7) is 6.75. The number of rotatable bonds is 7. The monoisotopic (exact) mass is 354 g/mol. The third kappa shape index (κ3) is 5.28. The van der Waals surface area contributed by atoms with Gasteiger partial charge in [-0.3, -0.25) is 4.90 Å². The Labute approximate surface area is 137 Å². The maximum absolute atomic E-state index is 5.30. The van der Waals surface area contributed by atoms with Crippen molar-refractivity contribution >= 4 is 15.9 Å². The molecule has 4 heteroatoms. The first kappa shape index (κ1) is 16.8. The molecular formula is C17H27BrN2O. The Hall–Kier alpha value is -0.580. The van der Waals surface area contributed by atoms with Crippen molar-refractivity contribution in [3.8, 4) is 5.75 Å². The Balaban J connectivity index is 1.96. The summed E-state index contributed by atoms with van der Waals surface area (Å²) in [6, 6.07) is 7.05. The number of ether oxygens (including phenoxy) is 1. The van der Waals surface area contributed by atoms with Crippen LogP contribution in [-0.2, 0) is 6.54 Å². The summed E-state index contributed by atoms with van der Waals surface area (Å²) in [7, 11) is 1.71. The van der Waals surface area contributed by atoms with Gasteiger partial charge < -0.3 is 10.1 Å². The molecule has 1 aromatic carbocycles. The molecule has 0 aromatic heterocycles. The molecule has 118 valence electrons. The summed E-state index contributed by atoms with van der Waals surface area (Å²) in [6.07, 6.45) is 5.21. The topological polar surface area (TPSA) is 24.5 Å². The van der Waals surface area contributed by atoms with Gasteiger partial charge in [-0.1, -0.05) is 19.4 Å². The highest BCUT2D eigenvalue weighted by atomic mass is 79.9. The zero-order valence-electron chi connectivity index (χ0n) is 13.2. The summed E-state index contributed by atoms with van der Waals surface area (Å²) in [5.41, 5.74) is 1.34. The lowest BCUT2D eigenvalue weighted by Crippen LogP contribution is -2.43. The molecule has 1 aliphatic rings. The van der Waals surface area contributed by atoms with Crippen molar-refractivity contribution in [1.82, 2.24) is 10.2 Å². The molecule has 1 unspecified atom stereocenters. The van der Waals surface area contributed by atoms with Crippen molar-refractivity contribution in [3.63, 3.8) is 0 Å². The van der Waals surface area contributed by atoms with Crippen LogP contribution in [0.5, 0.6) is 5.75 Å². The Bertz CT molecular complexity index is 433. The molecule has 2 rings (SSSR count). The molecule has 0 radical (unpaired) electrons. The lowest BCUT2D eigenvalue weighted by molar-refractivity contribution is 0.217. The number of methoxy groups -OCH3 is 1. The summed E-state index contributed by atoms with van der Waals surface area (Å²) in [5.74, 6) is 0.898. The second kappa shape index (κ2) is 8.76. The van der Waals surface area contributed by atoms with Crippen LogP contribution in [0.25, 0.3) is 0 Å². The van der Waals surface area contributed by atoms with Crippen LogP contribution in [0.3, 0.4) is 0 Å². The highest BCUT2D eigenvalue weighted by molar-refractivity contribution is 9.10. The fraction of sp³-hybridized carbons (Fsp3) is 0.647. The molecule has 0 aliphatic carbocycles. The highest BCUT2D eigenvalue weighted by Crippen LogP contribution is 2.26. The van der Waals surface area contributed by atoms with Crippen LogP contribution in [0, 0.1) is 0 Å². The van der Waals surface area contributed by atoms with E-state index in [1.54, 1.807) is 7.11 Å². The number of benzene rings is 1. The van der Waals surface area contributed by atoms with Gasteiger partial charge in [0.05, 0.1) is 11.6 Å². The van der Waals surface area contributed by atoms with E-state index in [9.17, 15) is 0 Å². The van der Waals surface area contributed by atoms with E-state index < -0.39 is 0 Å². The van der Waals surface area contributed by atoms with Crippen molar-refractivity contribution in [3.05, 3.63) is 28.2 Å². The zero-order valence-corrected chi connectivity index (χ0v) is 14.8. The summed E-state index contributed by atoms with van der Waals surface area (Å²) >= 11 is 3.58. The lowest BCUT2D eigenvalue weighted by Gasteiger charge is -2.30. The van der Waals surface area contributed by atoms with Crippen LogP contribution >= 0.6 is 15.9 Å². The number of nitrogens with one attached hydrogen (secondary N) is 1. The van der Waals surface area contributed by atoms with Crippen LogP contribution in [0.4, 0.5) is 0 Å². The fourth-order valence-electron chi connectivity index (χ4n) is 3.01. The summed E-state index contributed by atoms with van der Waals surface area (Å²) < 4.78 is 6.34. The number of halogens is 1. The van der Waals surface area contributed by atoms with Gasteiger partial charge in [-0.15, -0.1) is 0 Å². The third-order valence-corrected chi connectivity index (χ3v) is 4.67. The molecule has 3 nitrogen and oxygen atoms in total. The number of nitrogens with zero attached hydrogens (tertiary/aromatic N) is 1. The molecule has 0 saturated carbocycles. The minimum absolute atomic E-state index is 0.659. The van der Waals surface area contributed by atoms with E-state index in [0.717, 1.165) is 29.9 Å². The van der Waals surface area contributed by atoms with E-state index in [1.165, 1.54) is 37.8 Å². The summed E-state index contributed by atoms with van der Waals surface area (Å²) in [5, 5.41) is 3.65. The predicted octanol–water partition coefficient (Wildman–Crippen LogP) is 3.81. The zero-order chi connectivity index (χ0) is 15.1. The van der Waals surface area contributed by atoms with Crippen molar-refractivity contribution < 1.29 is 4.74 Å². The molecule has 0 spiro atoms. The van der Waals surface area contributed by atoms with Crippen LogP contribution in [0.1, 0.15) is 38.2 Å². The first-order valence-corrected chi connectivity index (χ1v) is 8.80. The maximum atomic E-state index is 5.30. The van der Waals surface area contributed by atoms with Gasteiger partial charge in [0.15, 0.2) is 0 Å². The van der Waals surface area contributed by atoms with Gasteiger partial charge in [0.25, 0.3) is 0 Å². The standard InChI is InChI=1S/C17H27BrN2O/c1-3-10-20(13-15-6-4-5-9-19-15)12-14-7-8-17(21-2)16(18)11-14/h7-8,11,15,19H,3-6,9-10,12-13H2,1-2H3. The molecule has 0 bridgehead atoms. The van der Waals surface area contributed by atoms with Gasteiger partial charge in [-0.2, -0.15) is 0 Å². The van der Waals surface area contributed by atoms with Crippen LogP contribution in [0.15, 0.2) is 22.7 Å². The highest BCUT2D eigenvalue weighted by Gasteiger charge is 2.16. The maximum Gasteiger partial charge on any atom is 0.133 e. The second-order valence-corrected chi connectivity index (χ2v) is 6.71. The number of piperidine rings is 1. The normalized spacial score (nSPS) is 19.0. The van der Waals surface area contributed by atoms with E-state index in [-0.39, 0.29) is 0 Å². The molecule has 21 heavy (non-hydrogen) atoms. The van der Waals surface area contributed by atoms with Crippen molar-refractivity contribution in [2.45, 2.75) is 45.2 Å². The minimum atomic E-state index is 0.659. The van der Waals surface area contributed by atoms with E-state index >= 15 is 0 Å². The second-order valence-electron chi connectivity index (χ2n) is 5.85. The van der Waals surface area contributed by atoms with Crippen LogP contribution in [0.2, 0.25) is 0 Å². The van der Waals surface area contributed by atoms with Gasteiger partial charge in [-0.05, 0) is 66.0 Å². The van der Waals surface area contributed by atoms with Gasteiger partial charge >= 0.3 is 0 Å². The quantitative estimate of drug-likeness (QED) is 0.805. The van der Waals surface area contributed by atoms with Crippen LogP contribution in [-0.4, -0.2) is 37.7 Å². The van der Waals surface area contributed by atoms with Crippen LogP contribution < -0.4 is 10.1 Å². The first-order valence-electron chi connectivity index (χ1n) is 8.01. The molecule has 1 N–H and O–H groups in total. The van der Waals surface area contributed by atoms with Gasteiger partial charge in [0, 0.05) is 19.1 Å². The average Bonchev–Trinajstić information content (AvgIpc) is 2.49. The fourth-order valence-corrected chi connectivity index (χ4v) is 3.60. The van der Waals surface area contributed by atoms with Crippen molar-refractivity contribution in [1.29, 1.82) is 0 Å². The van der Waals surface area contributed by atoms with E-state index in [2.05, 4.69) is 45.2 Å². The molecule has 1 fully saturated rings. The van der Waals surface area contributed by atoms with Gasteiger partial charge in [-0.25, -0.2) is 0 Å². The molecule has 1 heterocycles. The largest absolute Gasteiger partial charge is 0.496 e. The van der Waals surface area contributed by atoms with E-state index in [0.29, 0.717) is 6.04 Å². The lowest BCUT2D eigenvalue weighted by atomic mass is 10.0. The Morgan fingerprint density at radius 2 is 2.24 bits per heavy atom. The third-order valence-electron chi connectivity index (χ3n) is 4.05. The Kier molecular flexibility index (Phi) is 7.00. The Morgan fingerprint density at radius 3 is 2.86 bits per heavy atom. The smallest absolute Gasteiger partial charge is 0.133 e. The molecule has 1 saturated heterocycles. The van der Waals surface area contributed by atoms with Gasteiger partial charge in [0.2, 0.25) is 0 Å². The van der Waals surface area contributed by atoms with Crippen molar-refractivity contribution in [2.75, 3.05) is 26.7 Å². The SMILES string of the molecule is CCCN(Cc1ccc(OC)c(Br)c1)CC1CCCCN1. The first-order chi connectivity index (χ1) is 10.2. The van der Waals surface area contributed by atoms with E-state index in [4.69, 9.17) is 4.74 Å². The number of hydrogen-bond donors (Lipinski definition) is 1. The van der Waals surface area contributed by atoms with Gasteiger partial charge in [0.1, 0.15) is 5.75 Å². The molecule has 1 aromatic rings. The molecule has 1 aliphatic heterocycles. The summed E-state index contributed by atoms with van der Waals surface area (Å²) in [4.78, 5) is 2.57. The van der Waals surface area contributed by atoms with Crippen molar-refractivity contribution in [2.24, 2.45) is 0 Å². The predicted molar refractivity (Wildman–Crippen MR) is 91.9 cm³/mol. The Morgan fingerprint density at radius 1 is 1.38 bits per heavy atom. The molecule has 1 atom stereocenters. The number of hydrogen-bond acceptors (Lipinski definition) is 3. The molecular weight excluding hydrogens is 328 g/mol. The molecule has 0 amide bonds.